The number of hydrogen-bond donors (Lipinski definition) is 1. The summed E-state index contributed by atoms with van der Waals surface area (Å²) in [4.78, 5) is 8.66. The van der Waals surface area contributed by atoms with Crippen molar-refractivity contribution >= 4 is 34.0 Å². The van der Waals surface area contributed by atoms with Crippen LogP contribution in [0.1, 0.15) is 5.01 Å². The molecular formula is C11H8ClN3OS. The highest BCUT2D eigenvalue weighted by molar-refractivity contribution is 7.09. The number of para-hydroxylation sites is 1. The van der Waals surface area contributed by atoms with Gasteiger partial charge >= 0.3 is 0 Å². The molecule has 0 aliphatic heterocycles. The van der Waals surface area contributed by atoms with Crippen LogP contribution in [0.2, 0.25) is 5.02 Å². The summed E-state index contributed by atoms with van der Waals surface area (Å²) >= 11 is 7.51. The molecule has 1 aromatic carbocycles. The minimum absolute atomic E-state index is 0.422. The van der Waals surface area contributed by atoms with E-state index in [9.17, 15) is 0 Å². The van der Waals surface area contributed by atoms with E-state index in [1.807, 2.05) is 17.5 Å². The first-order chi connectivity index (χ1) is 8.28. The molecule has 2 heterocycles. The van der Waals surface area contributed by atoms with Gasteiger partial charge in [0.25, 0.3) is 0 Å². The Balaban J connectivity index is 2.14. The molecule has 0 saturated heterocycles. The average Bonchev–Trinajstić information content (AvgIpc) is 2.95. The van der Waals surface area contributed by atoms with Gasteiger partial charge in [0.1, 0.15) is 16.2 Å². The standard InChI is InChI=1S/C11H8ClN3OS/c12-6-2-1-3-7-10(6)16-11(15-7)8-5-17-9(4-13)14-8/h1-3,5H,4,13H2. The lowest BCUT2D eigenvalue weighted by Crippen LogP contribution is -1.94. The second kappa shape index (κ2) is 4.10. The van der Waals surface area contributed by atoms with Crippen LogP contribution in [0, 0.1) is 0 Å². The predicted molar refractivity (Wildman–Crippen MR) is 68.0 cm³/mol. The molecule has 0 spiro atoms. The number of oxazole rings is 1. The van der Waals surface area contributed by atoms with Crippen LogP contribution < -0.4 is 5.73 Å². The molecule has 0 bridgehead atoms. The Morgan fingerprint density at radius 3 is 2.94 bits per heavy atom. The lowest BCUT2D eigenvalue weighted by atomic mass is 10.3. The summed E-state index contributed by atoms with van der Waals surface area (Å²) in [6.45, 7) is 0.422. The van der Waals surface area contributed by atoms with Gasteiger partial charge in [-0.1, -0.05) is 17.7 Å². The van der Waals surface area contributed by atoms with E-state index in [4.69, 9.17) is 21.8 Å². The van der Waals surface area contributed by atoms with E-state index in [0.29, 0.717) is 28.7 Å². The van der Waals surface area contributed by atoms with Crippen molar-refractivity contribution in [3.63, 3.8) is 0 Å². The molecule has 2 N–H and O–H groups in total. The van der Waals surface area contributed by atoms with Crippen molar-refractivity contribution in [3.8, 4) is 11.6 Å². The Morgan fingerprint density at radius 2 is 2.24 bits per heavy atom. The zero-order valence-corrected chi connectivity index (χ0v) is 10.3. The molecular weight excluding hydrogens is 258 g/mol. The van der Waals surface area contributed by atoms with E-state index in [-0.39, 0.29) is 0 Å². The molecule has 0 aliphatic carbocycles. The number of thiazole rings is 1. The van der Waals surface area contributed by atoms with Crippen molar-refractivity contribution in [1.82, 2.24) is 9.97 Å². The Bertz CT molecular complexity index is 676. The minimum Gasteiger partial charge on any atom is -0.433 e. The summed E-state index contributed by atoms with van der Waals surface area (Å²) in [6, 6.07) is 5.46. The zero-order chi connectivity index (χ0) is 11.8. The molecule has 0 saturated carbocycles. The van der Waals surface area contributed by atoms with Crippen LogP contribution >= 0.6 is 22.9 Å². The van der Waals surface area contributed by atoms with Crippen LogP contribution in [0.25, 0.3) is 22.7 Å². The van der Waals surface area contributed by atoms with Gasteiger partial charge < -0.3 is 10.2 Å². The molecule has 0 fully saturated rings. The van der Waals surface area contributed by atoms with Gasteiger partial charge in [-0.15, -0.1) is 11.3 Å². The highest BCUT2D eigenvalue weighted by Crippen LogP contribution is 2.29. The Morgan fingerprint density at radius 1 is 1.35 bits per heavy atom. The monoisotopic (exact) mass is 265 g/mol. The third-order valence-electron chi connectivity index (χ3n) is 2.31. The molecule has 3 aromatic rings. The van der Waals surface area contributed by atoms with Crippen molar-refractivity contribution in [2.24, 2.45) is 5.73 Å². The third-order valence-corrected chi connectivity index (χ3v) is 3.48. The predicted octanol–water partition coefficient (Wildman–Crippen LogP) is 3.06. The van der Waals surface area contributed by atoms with E-state index < -0.39 is 0 Å². The number of fused-ring (bicyclic) bond motifs is 1. The highest BCUT2D eigenvalue weighted by atomic mass is 35.5. The lowest BCUT2D eigenvalue weighted by molar-refractivity contribution is 0.617. The van der Waals surface area contributed by atoms with Gasteiger partial charge in [0.2, 0.25) is 5.89 Å². The van der Waals surface area contributed by atoms with Gasteiger partial charge in [-0.2, -0.15) is 0 Å². The van der Waals surface area contributed by atoms with Gasteiger partial charge in [0.15, 0.2) is 5.58 Å². The van der Waals surface area contributed by atoms with Crippen molar-refractivity contribution < 1.29 is 4.42 Å². The molecule has 0 amide bonds. The topological polar surface area (TPSA) is 64.9 Å². The Kier molecular flexibility index (Phi) is 2.58. The number of halogens is 1. The van der Waals surface area contributed by atoms with Gasteiger partial charge in [0, 0.05) is 11.9 Å². The minimum atomic E-state index is 0.422. The van der Waals surface area contributed by atoms with Crippen LogP contribution in [0.15, 0.2) is 28.0 Å². The van der Waals surface area contributed by atoms with Gasteiger partial charge in [-0.25, -0.2) is 9.97 Å². The SMILES string of the molecule is NCc1nc(-c2nc3cccc(Cl)c3o2)cs1. The number of benzene rings is 1. The Hall–Kier alpha value is -1.43. The molecule has 4 nitrogen and oxygen atoms in total. The summed E-state index contributed by atoms with van der Waals surface area (Å²) in [5.74, 6) is 0.476. The van der Waals surface area contributed by atoms with Crippen molar-refractivity contribution in [3.05, 3.63) is 33.6 Å². The molecule has 86 valence electrons. The number of nitrogens with two attached hydrogens (primary N) is 1. The van der Waals surface area contributed by atoms with E-state index in [1.54, 1.807) is 6.07 Å². The van der Waals surface area contributed by atoms with Gasteiger partial charge in [0.05, 0.1) is 5.02 Å². The highest BCUT2D eigenvalue weighted by Gasteiger charge is 2.13. The first-order valence-electron chi connectivity index (χ1n) is 4.98. The third kappa shape index (κ3) is 1.82. The molecule has 0 radical (unpaired) electrons. The molecule has 2 aromatic heterocycles. The fourth-order valence-corrected chi connectivity index (χ4v) is 2.38. The lowest BCUT2D eigenvalue weighted by Gasteiger charge is -1.88. The van der Waals surface area contributed by atoms with Crippen molar-refractivity contribution in [2.75, 3.05) is 0 Å². The largest absolute Gasteiger partial charge is 0.433 e. The van der Waals surface area contributed by atoms with Crippen LogP contribution in [-0.2, 0) is 6.54 Å². The normalized spacial score (nSPS) is 11.2. The fourth-order valence-electron chi connectivity index (χ4n) is 1.53. The molecule has 0 unspecified atom stereocenters. The van der Waals surface area contributed by atoms with Crippen LogP contribution in [0.3, 0.4) is 0 Å². The fraction of sp³-hybridized carbons (Fsp3) is 0.0909. The second-order valence-electron chi connectivity index (χ2n) is 3.44. The molecule has 0 atom stereocenters. The summed E-state index contributed by atoms with van der Waals surface area (Å²) in [6.07, 6.45) is 0. The summed E-state index contributed by atoms with van der Waals surface area (Å²) < 4.78 is 5.60. The maximum absolute atomic E-state index is 6.02. The zero-order valence-electron chi connectivity index (χ0n) is 8.68. The number of rotatable bonds is 2. The van der Waals surface area contributed by atoms with Crippen molar-refractivity contribution in [1.29, 1.82) is 0 Å². The summed E-state index contributed by atoms with van der Waals surface area (Å²) in [5, 5.41) is 3.28. The number of aromatic nitrogens is 2. The van der Waals surface area contributed by atoms with Crippen LogP contribution in [0.4, 0.5) is 0 Å². The second-order valence-corrected chi connectivity index (χ2v) is 4.79. The van der Waals surface area contributed by atoms with Crippen LogP contribution in [-0.4, -0.2) is 9.97 Å². The van der Waals surface area contributed by atoms with Gasteiger partial charge in [-0.05, 0) is 12.1 Å². The van der Waals surface area contributed by atoms with E-state index in [0.717, 1.165) is 10.5 Å². The van der Waals surface area contributed by atoms with E-state index in [2.05, 4.69) is 9.97 Å². The first-order valence-corrected chi connectivity index (χ1v) is 6.23. The van der Waals surface area contributed by atoms with Gasteiger partial charge in [-0.3, -0.25) is 0 Å². The smallest absolute Gasteiger partial charge is 0.247 e. The maximum atomic E-state index is 6.02. The van der Waals surface area contributed by atoms with Crippen LogP contribution in [0.5, 0.6) is 0 Å². The summed E-state index contributed by atoms with van der Waals surface area (Å²) in [7, 11) is 0. The van der Waals surface area contributed by atoms with E-state index >= 15 is 0 Å². The Labute approximate surface area is 106 Å². The average molecular weight is 266 g/mol. The van der Waals surface area contributed by atoms with Crippen molar-refractivity contribution in [2.45, 2.75) is 6.54 Å². The first kappa shape index (κ1) is 10.7. The summed E-state index contributed by atoms with van der Waals surface area (Å²) in [5.41, 5.74) is 7.53. The number of hydrogen-bond acceptors (Lipinski definition) is 5. The maximum Gasteiger partial charge on any atom is 0.247 e. The molecule has 3 rings (SSSR count). The molecule has 17 heavy (non-hydrogen) atoms. The molecule has 6 heteroatoms. The molecule has 0 aliphatic rings. The quantitative estimate of drug-likeness (QED) is 0.773. The van der Waals surface area contributed by atoms with E-state index in [1.165, 1.54) is 11.3 Å². The number of nitrogens with zero attached hydrogens (tertiary/aromatic N) is 2.